The van der Waals surface area contributed by atoms with Gasteiger partial charge in [-0.05, 0) is 50.9 Å². The van der Waals surface area contributed by atoms with Gasteiger partial charge in [-0.2, -0.15) is 0 Å². The molecule has 0 spiro atoms. The van der Waals surface area contributed by atoms with Gasteiger partial charge in [0.1, 0.15) is 0 Å². The fourth-order valence-electron chi connectivity index (χ4n) is 4.13. The average Bonchev–Trinajstić information content (AvgIpc) is 2.46. The summed E-state index contributed by atoms with van der Waals surface area (Å²) in [6, 6.07) is 0.272. The predicted molar refractivity (Wildman–Crippen MR) is 81.3 cm³/mol. The van der Waals surface area contributed by atoms with Crippen molar-refractivity contribution in [2.24, 2.45) is 17.7 Å². The number of hydrazine groups is 1. The molecule has 0 bridgehead atoms. The lowest BCUT2D eigenvalue weighted by Gasteiger charge is -2.46. The van der Waals surface area contributed by atoms with Crippen molar-refractivity contribution in [3.63, 3.8) is 0 Å². The second-order valence-electron chi connectivity index (χ2n) is 6.71. The van der Waals surface area contributed by atoms with E-state index in [4.69, 9.17) is 15.3 Å². The molecule has 0 radical (unpaired) electrons. The molecule has 2 fully saturated rings. The van der Waals surface area contributed by atoms with E-state index in [-0.39, 0.29) is 11.6 Å². The molecule has 0 aromatic carbocycles. The van der Waals surface area contributed by atoms with Gasteiger partial charge in [-0.3, -0.25) is 11.3 Å². The lowest BCUT2D eigenvalue weighted by Crippen LogP contribution is -2.57. The molecule has 1 saturated carbocycles. The van der Waals surface area contributed by atoms with Gasteiger partial charge in [0.15, 0.2) is 0 Å². The zero-order chi connectivity index (χ0) is 14.4. The zero-order valence-electron chi connectivity index (χ0n) is 13.2. The highest BCUT2D eigenvalue weighted by Gasteiger charge is 2.43. The van der Waals surface area contributed by atoms with Gasteiger partial charge in [0.2, 0.25) is 0 Å². The molecule has 2 aliphatic rings. The highest BCUT2D eigenvalue weighted by atomic mass is 16.5. The van der Waals surface area contributed by atoms with Gasteiger partial charge in [0, 0.05) is 19.8 Å². The summed E-state index contributed by atoms with van der Waals surface area (Å²) in [6.45, 7) is 7.02. The monoisotopic (exact) mass is 284 g/mol. The maximum absolute atomic E-state index is 6.26. The van der Waals surface area contributed by atoms with Crippen molar-refractivity contribution >= 4 is 0 Å². The summed E-state index contributed by atoms with van der Waals surface area (Å²) < 4.78 is 11.7. The molecular formula is C16H32N2O2. The summed E-state index contributed by atoms with van der Waals surface area (Å²) in [5.74, 6) is 7.38. The Morgan fingerprint density at radius 1 is 1.35 bits per heavy atom. The fourth-order valence-corrected chi connectivity index (χ4v) is 4.13. The third kappa shape index (κ3) is 3.94. The summed E-state index contributed by atoms with van der Waals surface area (Å²) >= 11 is 0. The first-order valence-electron chi connectivity index (χ1n) is 8.38. The maximum atomic E-state index is 6.26. The molecule has 1 heterocycles. The molecule has 3 N–H and O–H groups in total. The maximum Gasteiger partial charge on any atom is 0.0850 e. The lowest BCUT2D eigenvalue weighted by molar-refractivity contribution is -0.107. The van der Waals surface area contributed by atoms with Crippen molar-refractivity contribution in [3.05, 3.63) is 0 Å². The Hall–Kier alpha value is -0.160. The average molecular weight is 284 g/mol. The van der Waals surface area contributed by atoms with Gasteiger partial charge < -0.3 is 9.47 Å². The quantitative estimate of drug-likeness (QED) is 0.581. The molecular weight excluding hydrogens is 252 g/mol. The molecule has 3 atom stereocenters. The molecule has 4 heteroatoms. The van der Waals surface area contributed by atoms with Crippen molar-refractivity contribution in [3.8, 4) is 0 Å². The SMILES string of the molecule is CCOC1(C(CC2CCOCC2)NN)CCCC(C)C1. The molecule has 1 aliphatic heterocycles. The molecule has 2 rings (SSSR count). The van der Waals surface area contributed by atoms with Crippen LogP contribution >= 0.6 is 0 Å². The predicted octanol–water partition coefficient (Wildman–Crippen LogP) is 2.62. The van der Waals surface area contributed by atoms with Crippen LogP contribution in [0.25, 0.3) is 0 Å². The second-order valence-corrected chi connectivity index (χ2v) is 6.71. The van der Waals surface area contributed by atoms with E-state index in [2.05, 4.69) is 19.3 Å². The Morgan fingerprint density at radius 3 is 2.70 bits per heavy atom. The molecule has 20 heavy (non-hydrogen) atoms. The van der Waals surface area contributed by atoms with Crippen molar-refractivity contribution in [2.75, 3.05) is 19.8 Å². The number of hydrogen-bond donors (Lipinski definition) is 2. The Kier molecular flexibility index (Phi) is 6.27. The number of nitrogens with two attached hydrogens (primary N) is 1. The Balaban J connectivity index is 2.03. The smallest absolute Gasteiger partial charge is 0.0850 e. The van der Waals surface area contributed by atoms with Gasteiger partial charge in [-0.15, -0.1) is 0 Å². The summed E-state index contributed by atoms with van der Waals surface area (Å²) in [5.41, 5.74) is 3.04. The first kappa shape index (κ1) is 16.2. The first-order valence-corrected chi connectivity index (χ1v) is 8.38. The van der Waals surface area contributed by atoms with E-state index < -0.39 is 0 Å². The highest BCUT2D eigenvalue weighted by Crippen LogP contribution is 2.40. The van der Waals surface area contributed by atoms with Gasteiger partial charge in [-0.1, -0.05) is 19.8 Å². The van der Waals surface area contributed by atoms with Crippen LogP contribution in [0, 0.1) is 11.8 Å². The Morgan fingerprint density at radius 2 is 2.10 bits per heavy atom. The molecule has 4 nitrogen and oxygen atoms in total. The minimum Gasteiger partial charge on any atom is -0.381 e. The van der Waals surface area contributed by atoms with Crippen molar-refractivity contribution < 1.29 is 9.47 Å². The van der Waals surface area contributed by atoms with Crippen LogP contribution in [0.5, 0.6) is 0 Å². The van der Waals surface area contributed by atoms with Crippen LogP contribution in [-0.2, 0) is 9.47 Å². The van der Waals surface area contributed by atoms with Gasteiger partial charge in [-0.25, -0.2) is 0 Å². The van der Waals surface area contributed by atoms with Gasteiger partial charge in [0.05, 0.1) is 11.6 Å². The van der Waals surface area contributed by atoms with Crippen LogP contribution in [0.2, 0.25) is 0 Å². The van der Waals surface area contributed by atoms with Crippen LogP contribution in [0.1, 0.15) is 58.8 Å². The molecule has 118 valence electrons. The summed E-state index contributed by atoms with van der Waals surface area (Å²) in [7, 11) is 0. The fraction of sp³-hybridized carbons (Fsp3) is 1.00. The van der Waals surface area contributed by atoms with E-state index in [0.29, 0.717) is 0 Å². The molecule has 0 aromatic heterocycles. The van der Waals surface area contributed by atoms with E-state index >= 15 is 0 Å². The van der Waals surface area contributed by atoms with Crippen LogP contribution in [0.15, 0.2) is 0 Å². The summed E-state index contributed by atoms with van der Waals surface area (Å²) in [6.07, 6.45) is 8.30. The lowest BCUT2D eigenvalue weighted by atomic mass is 9.72. The van der Waals surface area contributed by atoms with Crippen LogP contribution in [0.4, 0.5) is 0 Å². The zero-order valence-corrected chi connectivity index (χ0v) is 13.2. The van der Waals surface area contributed by atoms with Gasteiger partial charge in [0.25, 0.3) is 0 Å². The van der Waals surface area contributed by atoms with E-state index in [1.54, 1.807) is 0 Å². The molecule has 3 unspecified atom stereocenters. The molecule has 1 saturated heterocycles. The van der Waals surface area contributed by atoms with E-state index in [1.807, 2.05) is 0 Å². The largest absolute Gasteiger partial charge is 0.381 e. The van der Waals surface area contributed by atoms with E-state index in [0.717, 1.165) is 63.8 Å². The van der Waals surface area contributed by atoms with Crippen LogP contribution in [-0.4, -0.2) is 31.5 Å². The summed E-state index contributed by atoms with van der Waals surface area (Å²) in [4.78, 5) is 0. The van der Waals surface area contributed by atoms with Crippen molar-refractivity contribution in [1.82, 2.24) is 5.43 Å². The number of nitrogens with one attached hydrogen (secondary N) is 1. The third-order valence-corrected chi connectivity index (χ3v) is 5.17. The third-order valence-electron chi connectivity index (χ3n) is 5.17. The topological polar surface area (TPSA) is 56.5 Å². The van der Waals surface area contributed by atoms with Crippen LogP contribution in [0.3, 0.4) is 0 Å². The minimum atomic E-state index is -0.0561. The van der Waals surface area contributed by atoms with Crippen molar-refractivity contribution in [1.29, 1.82) is 0 Å². The first-order chi connectivity index (χ1) is 9.70. The number of rotatable bonds is 6. The Bertz CT molecular complexity index is 278. The van der Waals surface area contributed by atoms with E-state index in [1.165, 1.54) is 12.8 Å². The minimum absolute atomic E-state index is 0.0561. The van der Waals surface area contributed by atoms with Crippen molar-refractivity contribution in [2.45, 2.75) is 70.4 Å². The molecule has 0 aromatic rings. The standard InChI is InChI=1S/C16H32N2O2/c1-3-20-16(8-4-5-13(2)12-16)15(18-17)11-14-6-9-19-10-7-14/h13-15,18H,3-12,17H2,1-2H3. The number of hydrogen-bond acceptors (Lipinski definition) is 4. The molecule has 0 amide bonds. The highest BCUT2D eigenvalue weighted by molar-refractivity contribution is 4.97. The molecule has 1 aliphatic carbocycles. The van der Waals surface area contributed by atoms with E-state index in [9.17, 15) is 0 Å². The van der Waals surface area contributed by atoms with Crippen LogP contribution < -0.4 is 11.3 Å². The second kappa shape index (κ2) is 7.74. The van der Waals surface area contributed by atoms with Gasteiger partial charge >= 0.3 is 0 Å². The summed E-state index contributed by atoms with van der Waals surface area (Å²) in [5, 5.41) is 0. The number of ether oxygens (including phenoxy) is 2. The normalized spacial score (nSPS) is 34.0. The Labute approximate surface area is 123 Å².